The van der Waals surface area contributed by atoms with E-state index in [1.54, 1.807) is 0 Å². The summed E-state index contributed by atoms with van der Waals surface area (Å²) in [6, 6.07) is 57.7. The molecule has 2 N–H and O–H groups in total. The Morgan fingerprint density at radius 1 is 0.579 bits per heavy atom. The first-order valence-electron chi connectivity index (χ1n) is 19.6. The van der Waals surface area contributed by atoms with Crippen LogP contribution < -0.4 is 21.3 Å². The number of hydrogen-bond donors (Lipinski definition) is 2. The molecule has 2 aliphatic rings. The minimum Gasteiger partial charge on any atom is -0.456 e. The minimum absolute atomic E-state index is 0.172. The molecule has 10 aromatic rings. The monoisotopic (exact) mass is 736 g/mol. The second-order valence-corrected chi connectivity index (χ2v) is 15.1. The maximum atomic E-state index is 6.66. The van der Waals surface area contributed by atoms with Crippen LogP contribution in [0.2, 0.25) is 0 Å². The molecule has 3 atom stereocenters. The Bertz CT molecular complexity index is 3300. The Labute approximate surface area is 327 Å². The average Bonchev–Trinajstić information content (AvgIpc) is 3.95. The fourth-order valence-electron chi connectivity index (χ4n) is 9.13. The van der Waals surface area contributed by atoms with Crippen LogP contribution in [0.4, 0.5) is 0 Å². The van der Waals surface area contributed by atoms with Crippen molar-refractivity contribution in [1.29, 1.82) is 0 Å². The van der Waals surface area contributed by atoms with Crippen LogP contribution in [0.1, 0.15) is 46.9 Å². The van der Waals surface area contributed by atoms with E-state index in [9.17, 15) is 0 Å². The molecule has 1 aliphatic carbocycles. The zero-order chi connectivity index (χ0) is 37.5. The van der Waals surface area contributed by atoms with E-state index in [0.717, 1.165) is 78.2 Å². The molecule has 3 aromatic heterocycles. The van der Waals surface area contributed by atoms with E-state index in [1.165, 1.54) is 27.4 Å². The Kier molecular flexibility index (Phi) is 7.16. The van der Waals surface area contributed by atoms with Crippen LogP contribution in [-0.2, 0) is 0 Å². The van der Waals surface area contributed by atoms with Gasteiger partial charge in [0.25, 0.3) is 0 Å². The van der Waals surface area contributed by atoms with Crippen molar-refractivity contribution in [2.24, 2.45) is 4.99 Å². The molecule has 272 valence electrons. The lowest BCUT2D eigenvalue weighted by atomic mass is 9.90. The van der Waals surface area contributed by atoms with Gasteiger partial charge in [-0.25, -0.2) is 4.99 Å². The van der Waals surface area contributed by atoms with Crippen molar-refractivity contribution in [3.05, 3.63) is 197 Å². The van der Waals surface area contributed by atoms with Gasteiger partial charge in [0.2, 0.25) is 0 Å². The van der Waals surface area contributed by atoms with Gasteiger partial charge in [-0.15, -0.1) is 0 Å². The summed E-state index contributed by atoms with van der Waals surface area (Å²) in [7, 11) is 0. The number of fused-ring (bicyclic) bond motifs is 9. The summed E-state index contributed by atoms with van der Waals surface area (Å²) in [4.78, 5) is 5.12. The molecule has 3 unspecified atom stereocenters. The summed E-state index contributed by atoms with van der Waals surface area (Å²) in [5.74, 6) is 1.03. The van der Waals surface area contributed by atoms with Gasteiger partial charge >= 0.3 is 0 Å². The second kappa shape index (κ2) is 12.7. The van der Waals surface area contributed by atoms with Gasteiger partial charge in [0.1, 0.15) is 40.3 Å². The molecular weight excluding hydrogens is 701 g/mol. The van der Waals surface area contributed by atoms with E-state index in [4.69, 9.17) is 13.8 Å². The lowest BCUT2D eigenvalue weighted by molar-refractivity contribution is 0.411. The number of aliphatic imine (C=N–C) groups is 1. The van der Waals surface area contributed by atoms with E-state index < -0.39 is 0 Å². The summed E-state index contributed by atoms with van der Waals surface area (Å²) in [6.07, 6.45) is 5.07. The van der Waals surface area contributed by atoms with Gasteiger partial charge in [-0.05, 0) is 66.1 Å². The van der Waals surface area contributed by atoms with E-state index in [-0.39, 0.29) is 18.2 Å². The van der Waals surface area contributed by atoms with Gasteiger partial charge in [0.05, 0.1) is 11.0 Å². The molecule has 0 spiro atoms. The third-order valence-electron chi connectivity index (χ3n) is 11.8. The summed E-state index contributed by atoms with van der Waals surface area (Å²) >= 11 is 0. The summed E-state index contributed by atoms with van der Waals surface area (Å²) in [6.45, 7) is 0. The van der Waals surface area contributed by atoms with E-state index in [2.05, 4.69) is 179 Å². The number of aromatic nitrogens is 1. The molecule has 6 nitrogen and oxygen atoms in total. The molecule has 0 saturated carbocycles. The van der Waals surface area contributed by atoms with Gasteiger partial charge in [-0.2, -0.15) is 0 Å². The largest absolute Gasteiger partial charge is 0.456 e. The van der Waals surface area contributed by atoms with Crippen LogP contribution in [0.15, 0.2) is 178 Å². The highest BCUT2D eigenvalue weighted by molar-refractivity contribution is 6.10. The lowest BCUT2D eigenvalue weighted by Gasteiger charge is -2.32. The minimum atomic E-state index is -0.215. The van der Waals surface area contributed by atoms with Gasteiger partial charge in [-0.1, -0.05) is 127 Å². The lowest BCUT2D eigenvalue weighted by Crippen LogP contribution is -2.45. The first-order valence-corrected chi connectivity index (χ1v) is 19.6. The number of furan rings is 2. The first-order chi connectivity index (χ1) is 28.2. The van der Waals surface area contributed by atoms with Crippen molar-refractivity contribution in [3.63, 3.8) is 0 Å². The Hall–Kier alpha value is -7.15. The Morgan fingerprint density at radius 2 is 1.33 bits per heavy atom. The molecular formula is C51H36N4O2. The van der Waals surface area contributed by atoms with Crippen molar-refractivity contribution < 1.29 is 8.83 Å². The number of rotatable bonds is 5. The van der Waals surface area contributed by atoms with E-state index in [0.29, 0.717) is 0 Å². The summed E-state index contributed by atoms with van der Waals surface area (Å²) in [5, 5.41) is 14.5. The molecule has 0 saturated heterocycles. The van der Waals surface area contributed by atoms with Crippen molar-refractivity contribution in [1.82, 2.24) is 15.2 Å². The maximum absolute atomic E-state index is 6.66. The van der Waals surface area contributed by atoms with Crippen LogP contribution in [-0.4, -0.2) is 10.4 Å². The molecule has 0 amide bonds. The van der Waals surface area contributed by atoms with Gasteiger partial charge in [-0.3, -0.25) is 5.32 Å². The van der Waals surface area contributed by atoms with Crippen molar-refractivity contribution >= 4 is 72.7 Å². The zero-order valence-corrected chi connectivity index (χ0v) is 30.9. The fraction of sp³-hybridized carbons (Fsp3) is 0.0784. The van der Waals surface area contributed by atoms with Gasteiger partial charge in [0.15, 0.2) is 0 Å². The molecule has 0 bridgehead atoms. The Balaban J connectivity index is 0.931. The average molecular weight is 737 g/mol. The number of benzene rings is 7. The molecule has 4 heterocycles. The highest BCUT2D eigenvalue weighted by atomic mass is 16.3. The topological polar surface area (TPSA) is 67.6 Å². The van der Waals surface area contributed by atoms with Crippen molar-refractivity contribution in [2.45, 2.75) is 24.7 Å². The van der Waals surface area contributed by atoms with Crippen LogP contribution in [0.3, 0.4) is 0 Å². The standard InChI is InChI=1S/C51H36N4O2/c1-3-12-31(13-4-1)49-52-50(32-14-5-2-6-15-32)54-51(53-49)39-18-11-21-46-48(39)38-25-22-34(29-47(38)57-46)33-23-26-44-40(28-33)41-30-35(24-27-45(41)56-44)55-42-19-9-7-16-36(42)37-17-8-10-20-43(37)55/h1-22,24-30,33,49,51,53H,23H2,(H,52,54). The summed E-state index contributed by atoms with van der Waals surface area (Å²) < 4.78 is 15.5. The number of nitrogens with one attached hydrogen (secondary N) is 2. The molecule has 0 radical (unpaired) electrons. The molecule has 1 aliphatic heterocycles. The van der Waals surface area contributed by atoms with Gasteiger partial charge < -0.3 is 18.7 Å². The number of hydrogen-bond acceptors (Lipinski definition) is 5. The molecule has 0 fully saturated rings. The van der Waals surface area contributed by atoms with E-state index >= 15 is 0 Å². The summed E-state index contributed by atoms with van der Waals surface area (Å²) in [5.41, 5.74) is 11.6. The van der Waals surface area contributed by atoms with Crippen LogP contribution in [0, 0.1) is 0 Å². The predicted octanol–water partition coefficient (Wildman–Crippen LogP) is 10.5. The smallest absolute Gasteiger partial charge is 0.135 e. The molecule has 12 rings (SSSR count). The number of nitrogens with zero attached hydrogens (tertiary/aromatic N) is 2. The normalized spacial score (nSPS) is 18.0. The van der Waals surface area contributed by atoms with Crippen LogP contribution in [0.25, 0.3) is 72.6 Å². The third-order valence-corrected chi connectivity index (χ3v) is 11.8. The number of para-hydroxylation sites is 2. The highest BCUT2D eigenvalue weighted by Crippen LogP contribution is 2.38. The zero-order valence-electron chi connectivity index (χ0n) is 30.9. The maximum Gasteiger partial charge on any atom is 0.135 e. The second-order valence-electron chi connectivity index (χ2n) is 15.1. The third kappa shape index (κ3) is 5.18. The van der Waals surface area contributed by atoms with E-state index in [1.807, 2.05) is 12.1 Å². The quantitative estimate of drug-likeness (QED) is 0.185. The van der Waals surface area contributed by atoms with Crippen molar-refractivity contribution in [3.8, 4) is 5.69 Å². The fourth-order valence-corrected chi connectivity index (χ4v) is 9.13. The Morgan fingerprint density at radius 3 is 2.14 bits per heavy atom. The van der Waals surface area contributed by atoms with Gasteiger partial charge in [0, 0.05) is 54.9 Å². The molecule has 57 heavy (non-hydrogen) atoms. The first kappa shape index (κ1) is 32.1. The van der Waals surface area contributed by atoms with Crippen molar-refractivity contribution in [2.75, 3.05) is 0 Å². The highest BCUT2D eigenvalue weighted by Gasteiger charge is 2.28. The molecule has 7 aromatic carbocycles. The predicted molar refractivity (Wildman–Crippen MR) is 231 cm³/mol. The van der Waals surface area contributed by atoms with Crippen LogP contribution >= 0.6 is 0 Å². The number of amidine groups is 1. The SMILES string of the molecule is C1=c2oc3ccc(-n4c5ccccc5c5ccccc54)cc3c2=CC(c2ccc3c(c2)oc2cccc(C4NC(c5ccccc5)=NC(c5ccccc5)N4)c23)C1. The van der Waals surface area contributed by atoms with Crippen LogP contribution in [0.5, 0.6) is 0 Å². The molecule has 6 heteroatoms.